The van der Waals surface area contributed by atoms with Gasteiger partial charge in [-0.25, -0.2) is 8.42 Å². The van der Waals surface area contributed by atoms with E-state index in [-0.39, 0.29) is 17.2 Å². The van der Waals surface area contributed by atoms with Crippen LogP contribution in [0.3, 0.4) is 0 Å². The first-order chi connectivity index (χ1) is 14.9. The van der Waals surface area contributed by atoms with Gasteiger partial charge in [-0.3, -0.25) is 4.79 Å². The molecule has 2 aliphatic rings. The van der Waals surface area contributed by atoms with Crippen LogP contribution in [0.25, 0.3) is 0 Å². The lowest BCUT2D eigenvalue weighted by atomic mass is 10.1. The van der Waals surface area contributed by atoms with Gasteiger partial charge < -0.3 is 15.0 Å². The van der Waals surface area contributed by atoms with Crippen LogP contribution in [0.2, 0.25) is 0 Å². The highest BCUT2D eigenvalue weighted by molar-refractivity contribution is 7.89. The molecule has 2 aromatic rings. The molecule has 0 atom stereocenters. The van der Waals surface area contributed by atoms with Crippen LogP contribution >= 0.6 is 0 Å². The summed E-state index contributed by atoms with van der Waals surface area (Å²) in [6.07, 6.45) is 2.42. The third-order valence-electron chi connectivity index (χ3n) is 5.91. The Morgan fingerprint density at radius 3 is 2.45 bits per heavy atom. The van der Waals surface area contributed by atoms with Crippen molar-refractivity contribution in [3.05, 3.63) is 53.6 Å². The van der Waals surface area contributed by atoms with E-state index < -0.39 is 10.0 Å². The average Bonchev–Trinajstić information content (AvgIpc) is 3.30. The number of rotatable bonds is 6. The fourth-order valence-electron chi connectivity index (χ4n) is 4.12. The Labute approximate surface area is 184 Å². The molecule has 2 aliphatic heterocycles. The second-order valence-electron chi connectivity index (χ2n) is 8.04. The van der Waals surface area contributed by atoms with E-state index in [1.807, 2.05) is 37.3 Å². The van der Waals surface area contributed by atoms with Crippen LogP contribution in [0.5, 0.6) is 0 Å². The number of nitrogens with zero attached hydrogens (tertiary/aromatic N) is 2. The molecule has 2 heterocycles. The first kappa shape index (κ1) is 21.8. The van der Waals surface area contributed by atoms with Gasteiger partial charge in [-0.1, -0.05) is 24.3 Å². The molecule has 0 saturated carbocycles. The Bertz CT molecular complexity index is 1040. The quantitative estimate of drug-likeness (QED) is 0.743. The monoisotopic (exact) mass is 443 g/mol. The molecule has 0 unspecified atom stereocenters. The molecule has 2 aromatic carbocycles. The van der Waals surface area contributed by atoms with E-state index >= 15 is 0 Å². The number of carbonyl (C=O) groups excluding carboxylic acids is 1. The summed E-state index contributed by atoms with van der Waals surface area (Å²) < 4.78 is 33.0. The van der Waals surface area contributed by atoms with E-state index in [0.717, 1.165) is 42.7 Å². The van der Waals surface area contributed by atoms with Crippen molar-refractivity contribution in [3.63, 3.8) is 0 Å². The number of anilines is 2. The average molecular weight is 444 g/mol. The van der Waals surface area contributed by atoms with Gasteiger partial charge in [0.2, 0.25) is 15.9 Å². The summed E-state index contributed by atoms with van der Waals surface area (Å²) in [4.78, 5) is 15.3. The van der Waals surface area contributed by atoms with Gasteiger partial charge in [-0.15, -0.1) is 0 Å². The van der Waals surface area contributed by atoms with Gasteiger partial charge in [0.05, 0.1) is 35.9 Å². The van der Waals surface area contributed by atoms with Gasteiger partial charge in [-0.05, 0) is 49.1 Å². The number of hydrogen-bond donors (Lipinski definition) is 1. The van der Waals surface area contributed by atoms with Gasteiger partial charge in [0.25, 0.3) is 0 Å². The predicted molar refractivity (Wildman–Crippen MR) is 121 cm³/mol. The van der Waals surface area contributed by atoms with Crippen molar-refractivity contribution in [2.75, 3.05) is 49.6 Å². The highest BCUT2D eigenvalue weighted by Crippen LogP contribution is 2.32. The fourth-order valence-corrected chi connectivity index (χ4v) is 5.56. The lowest BCUT2D eigenvalue weighted by Gasteiger charge is -2.27. The molecule has 0 spiro atoms. The third kappa shape index (κ3) is 4.92. The van der Waals surface area contributed by atoms with Crippen LogP contribution in [-0.2, 0) is 26.0 Å². The maximum Gasteiger partial charge on any atom is 0.243 e. The maximum atomic E-state index is 13.1. The minimum atomic E-state index is -3.64. The van der Waals surface area contributed by atoms with E-state index in [1.165, 1.54) is 4.31 Å². The number of hydrogen-bond acceptors (Lipinski definition) is 5. The lowest BCUT2D eigenvalue weighted by Crippen LogP contribution is -2.40. The topological polar surface area (TPSA) is 79.0 Å². The van der Waals surface area contributed by atoms with Crippen molar-refractivity contribution in [1.82, 2.24) is 4.31 Å². The molecule has 4 rings (SSSR count). The van der Waals surface area contributed by atoms with Crippen molar-refractivity contribution in [3.8, 4) is 0 Å². The van der Waals surface area contributed by atoms with Crippen LogP contribution in [0, 0.1) is 6.92 Å². The number of aryl methyl sites for hydroxylation is 1. The zero-order chi connectivity index (χ0) is 21.8. The highest BCUT2D eigenvalue weighted by Gasteiger charge is 2.28. The molecule has 0 radical (unpaired) electrons. The number of ether oxygens (including phenoxy) is 1. The molecule has 166 valence electrons. The van der Waals surface area contributed by atoms with E-state index in [9.17, 15) is 13.2 Å². The van der Waals surface area contributed by atoms with Crippen LogP contribution in [-0.4, -0.2) is 58.0 Å². The number of benzene rings is 2. The predicted octanol–water partition coefficient (Wildman–Crippen LogP) is 2.80. The van der Waals surface area contributed by atoms with E-state index in [4.69, 9.17) is 4.74 Å². The molecule has 2 fully saturated rings. The minimum absolute atomic E-state index is 0.157. The third-order valence-corrected chi connectivity index (χ3v) is 7.80. The Morgan fingerprint density at radius 2 is 1.74 bits per heavy atom. The van der Waals surface area contributed by atoms with E-state index in [2.05, 4.69) is 10.2 Å². The molecule has 8 heteroatoms. The summed E-state index contributed by atoms with van der Waals surface area (Å²) in [6.45, 7) is 5.24. The van der Waals surface area contributed by atoms with E-state index in [1.54, 1.807) is 12.1 Å². The number of morpholine rings is 1. The number of amides is 1. The smallest absolute Gasteiger partial charge is 0.243 e. The number of sulfonamides is 1. The highest BCUT2D eigenvalue weighted by atomic mass is 32.2. The molecule has 0 aromatic heterocycles. The Morgan fingerprint density at radius 1 is 1.03 bits per heavy atom. The molecule has 0 aliphatic carbocycles. The zero-order valence-corrected chi connectivity index (χ0v) is 18.7. The minimum Gasteiger partial charge on any atom is -0.379 e. The molecular formula is C23H29N3O4S. The summed E-state index contributed by atoms with van der Waals surface area (Å²) in [5.41, 5.74) is 3.44. The summed E-state index contributed by atoms with van der Waals surface area (Å²) in [7, 11) is -3.64. The van der Waals surface area contributed by atoms with E-state index in [0.29, 0.717) is 32.0 Å². The fraction of sp³-hybridized carbons (Fsp3) is 0.435. The van der Waals surface area contributed by atoms with Gasteiger partial charge in [-0.2, -0.15) is 4.31 Å². The number of carbonyl (C=O) groups is 1. The summed E-state index contributed by atoms with van der Waals surface area (Å²) in [5, 5.41) is 2.99. The molecule has 1 N–H and O–H groups in total. The maximum absolute atomic E-state index is 13.1. The van der Waals surface area contributed by atoms with Crippen molar-refractivity contribution in [2.24, 2.45) is 0 Å². The molecule has 7 nitrogen and oxygen atoms in total. The first-order valence-electron chi connectivity index (χ1n) is 10.8. The van der Waals surface area contributed by atoms with Crippen molar-refractivity contribution in [2.45, 2.75) is 31.1 Å². The molecule has 31 heavy (non-hydrogen) atoms. The van der Waals surface area contributed by atoms with Gasteiger partial charge in [0.1, 0.15) is 0 Å². The Kier molecular flexibility index (Phi) is 6.60. The van der Waals surface area contributed by atoms with Crippen LogP contribution in [0.15, 0.2) is 47.4 Å². The second-order valence-corrected chi connectivity index (χ2v) is 9.98. The molecular weight excluding hydrogens is 414 g/mol. The summed E-state index contributed by atoms with van der Waals surface area (Å²) >= 11 is 0. The summed E-state index contributed by atoms with van der Waals surface area (Å²) in [6, 6.07) is 12.9. The van der Waals surface area contributed by atoms with Crippen LogP contribution < -0.4 is 10.2 Å². The standard InChI is InChI=1S/C23H29N3O4S/c1-18-6-2-3-7-19(18)16-23(27)24-21-17-20(8-9-22(21)25-10-4-5-11-25)31(28,29)26-12-14-30-15-13-26/h2-3,6-9,17H,4-5,10-16H2,1H3,(H,24,27). The van der Waals surface area contributed by atoms with Crippen LogP contribution in [0.4, 0.5) is 11.4 Å². The Balaban J connectivity index is 1.62. The van der Waals surface area contributed by atoms with Gasteiger partial charge in [0, 0.05) is 26.2 Å². The van der Waals surface area contributed by atoms with Crippen molar-refractivity contribution >= 4 is 27.3 Å². The Hall–Kier alpha value is -2.42. The van der Waals surface area contributed by atoms with Crippen molar-refractivity contribution in [1.29, 1.82) is 0 Å². The van der Waals surface area contributed by atoms with Crippen LogP contribution in [0.1, 0.15) is 24.0 Å². The SMILES string of the molecule is Cc1ccccc1CC(=O)Nc1cc(S(=O)(=O)N2CCOCC2)ccc1N1CCCC1. The summed E-state index contributed by atoms with van der Waals surface area (Å²) in [5.74, 6) is -0.157. The molecule has 0 bridgehead atoms. The van der Waals surface area contributed by atoms with Gasteiger partial charge >= 0.3 is 0 Å². The second kappa shape index (κ2) is 9.38. The largest absolute Gasteiger partial charge is 0.379 e. The molecule has 1 amide bonds. The normalized spacial score (nSPS) is 17.6. The zero-order valence-electron chi connectivity index (χ0n) is 17.8. The number of nitrogens with one attached hydrogen (secondary N) is 1. The lowest BCUT2D eigenvalue weighted by molar-refractivity contribution is -0.115. The van der Waals surface area contributed by atoms with Crippen molar-refractivity contribution < 1.29 is 17.9 Å². The van der Waals surface area contributed by atoms with Gasteiger partial charge in [0.15, 0.2) is 0 Å². The molecule has 2 saturated heterocycles. The first-order valence-corrected chi connectivity index (χ1v) is 12.2.